The van der Waals surface area contributed by atoms with Crippen molar-refractivity contribution in [2.75, 3.05) is 6.61 Å². The van der Waals surface area contributed by atoms with Gasteiger partial charge in [0.2, 0.25) is 0 Å². The van der Waals surface area contributed by atoms with E-state index >= 15 is 0 Å². The van der Waals surface area contributed by atoms with E-state index in [1.54, 1.807) is 0 Å². The van der Waals surface area contributed by atoms with Gasteiger partial charge in [-0.15, -0.1) is 0 Å². The van der Waals surface area contributed by atoms with Crippen molar-refractivity contribution in [2.45, 2.75) is 84.5 Å². The molecule has 0 radical (unpaired) electrons. The van der Waals surface area contributed by atoms with Gasteiger partial charge in [0.15, 0.2) is 25.0 Å². The Kier molecular flexibility index (Phi) is 10.5. The molecule has 0 aromatic rings. The molecule has 0 saturated heterocycles. The summed E-state index contributed by atoms with van der Waals surface area (Å²) in [5, 5.41) is 0. The lowest BCUT2D eigenvalue weighted by Crippen LogP contribution is -2.62. The number of hydrogen-bond acceptors (Lipinski definition) is 6. The summed E-state index contributed by atoms with van der Waals surface area (Å²) in [5.74, 6) is -0.415. The number of carbonyl (C=O) groups is 1. The van der Waals surface area contributed by atoms with Crippen molar-refractivity contribution in [3.8, 4) is 0 Å². The molecule has 0 aliphatic carbocycles. The van der Waals surface area contributed by atoms with Crippen molar-refractivity contribution in [3.05, 3.63) is 12.7 Å². The van der Waals surface area contributed by atoms with Crippen LogP contribution in [0.5, 0.6) is 0 Å². The molecule has 0 bridgehead atoms. The highest BCUT2D eigenvalue weighted by Crippen LogP contribution is 2.31. The largest absolute Gasteiger partial charge is 0.471 e. The van der Waals surface area contributed by atoms with Crippen LogP contribution in [0, 0.1) is 0 Å². The van der Waals surface area contributed by atoms with Gasteiger partial charge in [-0.05, 0) is 78.4 Å². The maximum absolute atomic E-state index is 11.4. The molecule has 28 heavy (non-hydrogen) atoms. The van der Waals surface area contributed by atoms with Crippen LogP contribution in [0.3, 0.4) is 0 Å². The molecule has 6 nitrogen and oxygen atoms in total. The van der Waals surface area contributed by atoms with E-state index < -0.39 is 48.3 Å². The van der Waals surface area contributed by atoms with Gasteiger partial charge < -0.3 is 21.2 Å². The highest BCUT2D eigenvalue weighted by atomic mass is 28.5. The normalized spacial score (nSPS) is 14.1. The maximum Gasteiger partial charge on any atom is 0.471 e. The van der Waals surface area contributed by atoms with Crippen LogP contribution in [0.15, 0.2) is 12.7 Å². The molecule has 0 saturated carbocycles. The molecule has 0 rings (SSSR count). The van der Waals surface area contributed by atoms with E-state index in [0.29, 0.717) is 19.1 Å². The second-order valence-corrected chi connectivity index (χ2v) is 30.9. The molecule has 0 heterocycles. The first-order valence-corrected chi connectivity index (χ1v) is 24.9. The van der Waals surface area contributed by atoms with Crippen molar-refractivity contribution in [1.29, 1.82) is 0 Å². The number of rotatable bonds is 13. The summed E-state index contributed by atoms with van der Waals surface area (Å²) in [5.41, 5.74) is 0. The van der Waals surface area contributed by atoms with E-state index in [-0.39, 0.29) is 0 Å². The zero-order valence-corrected chi connectivity index (χ0v) is 24.9. The fourth-order valence-electron chi connectivity index (χ4n) is 2.80. The Hall–Kier alpha value is 0.134. The third kappa shape index (κ3) is 14.2. The number of hydrogen-bond donors (Lipinski definition) is 0. The van der Waals surface area contributed by atoms with Crippen LogP contribution < -0.4 is 0 Å². The first-order valence-electron chi connectivity index (χ1n) is 9.88. The highest BCUT2D eigenvalue weighted by Gasteiger charge is 2.52. The molecule has 166 valence electrons. The van der Waals surface area contributed by atoms with Crippen LogP contribution in [0.1, 0.15) is 6.42 Å². The zero-order chi connectivity index (χ0) is 22.4. The van der Waals surface area contributed by atoms with Gasteiger partial charge in [-0.1, -0.05) is 6.58 Å². The molecule has 0 N–H and O–H groups in total. The fourth-order valence-corrected chi connectivity index (χ4v) is 23.1. The van der Waals surface area contributed by atoms with Crippen molar-refractivity contribution in [2.24, 2.45) is 0 Å². The first-order chi connectivity index (χ1) is 12.3. The summed E-state index contributed by atoms with van der Waals surface area (Å²) in [6.07, 6.45) is 1.80. The Labute approximate surface area is 178 Å². The quantitative estimate of drug-likeness (QED) is 0.153. The Bertz CT molecular complexity index is 504. The van der Waals surface area contributed by atoms with Crippen LogP contribution in [-0.4, -0.2) is 54.9 Å². The third-order valence-electron chi connectivity index (χ3n) is 2.91. The van der Waals surface area contributed by atoms with E-state index in [0.717, 1.165) is 0 Å². The summed E-state index contributed by atoms with van der Waals surface area (Å²) in [4.78, 5) is 11.4. The molecular formula is C17H42O6Si5. The molecule has 0 aliphatic rings. The van der Waals surface area contributed by atoms with Gasteiger partial charge in [-0.2, -0.15) is 0 Å². The predicted octanol–water partition coefficient (Wildman–Crippen LogP) is 5.32. The molecular weight excluding hydrogens is 441 g/mol. The maximum atomic E-state index is 11.4. The van der Waals surface area contributed by atoms with Crippen LogP contribution in [-0.2, 0) is 26.0 Å². The predicted molar refractivity (Wildman–Crippen MR) is 128 cm³/mol. The van der Waals surface area contributed by atoms with E-state index in [9.17, 15) is 4.79 Å². The number of carbonyl (C=O) groups excluding carboxylic acids is 1. The molecule has 0 atom stereocenters. The van der Waals surface area contributed by atoms with Crippen molar-refractivity contribution < 1.29 is 26.0 Å². The second-order valence-electron chi connectivity index (χ2n) is 10.3. The molecule has 11 heteroatoms. The molecule has 0 aromatic heterocycles. The number of ether oxygens (including phenoxy) is 1. The Morgan fingerprint density at radius 3 is 1.54 bits per heavy atom. The zero-order valence-electron chi connectivity index (χ0n) is 19.9. The Morgan fingerprint density at radius 1 is 0.750 bits per heavy atom. The van der Waals surface area contributed by atoms with Crippen LogP contribution in [0.4, 0.5) is 0 Å². The lowest BCUT2D eigenvalue weighted by molar-refractivity contribution is -0.137. The topological polar surface area (TPSA) is 63.2 Å². The lowest BCUT2D eigenvalue weighted by Gasteiger charge is -2.44. The van der Waals surface area contributed by atoms with Gasteiger partial charge >= 0.3 is 23.3 Å². The SMILES string of the molecule is C=CC(=O)OCCC[Si](O[Si](C)(C)C)(O[Si](C)(C)C)O[Si](C)(C)O[Si](C)(C)C. The van der Waals surface area contributed by atoms with Gasteiger partial charge in [0, 0.05) is 12.1 Å². The summed E-state index contributed by atoms with van der Waals surface area (Å²) >= 11 is 0. The monoisotopic (exact) mass is 482 g/mol. The van der Waals surface area contributed by atoms with E-state index in [1.807, 2.05) is 0 Å². The molecule has 0 unspecified atom stereocenters. The van der Waals surface area contributed by atoms with Gasteiger partial charge in [0.1, 0.15) is 0 Å². The van der Waals surface area contributed by atoms with E-state index in [2.05, 4.69) is 78.6 Å². The molecule has 0 amide bonds. The van der Waals surface area contributed by atoms with Gasteiger partial charge in [0.05, 0.1) is 6.61 Å². The average Bonchev–Trinajstić information content (AvgIpc) is 2.35. The van der Waals surface area contributed by atoms with E-state index in [1.165, 1.54) is 6.08 Å². The minimum Gasteiger partial charge on any atom is -0.463 e. The van der Waals surface area contributed by atoms with Crippen LogP contribution in [0.2, 0.25) is 78.1 Å². The van der Waals surface area contributed by atoms with Crippen LogP contribution in [0.25, 0.3) is 0 Å². The summed E-state index contributed by atoms with van der Waals surface area (Å²) in [6, 6.07) is 0.609. The van der Waals surface area contributed by atoms with Crippen molar-refractivity contribution in [1.82, 2.24) is 0 Å². The van der Waals surface area contributed by atoms with Crippen molar-refractivity contribution >= 4 is 48.3 Å². The lowest BCUT2D eigenvalue weighted by atomic mass is 10.5. The van der Waals surface area contributed by atoms with Crippen LogP contribution >= 0.6 is 0 Å². The minimum atomic E-state index is -3.02. The summed E-state index contributed by atoms with van der Waals surface area (Å²) in [7, 11) is -11.2. The Balaban J connectivity index is 5.69. The Morgan fingerprint density at radius 2 is 1.18 bits per heavy atom. The fraction of sp³-hybridized carbons (Fsp3) is 0.824. The van der Waals surface area contributed by atoms with E-state index in [4.69, 9.17) is 21.2 Å². The third-order valence-corrected chi connectivity index (χ3v) is 18.9. The van der Waals surface area contributed by atoms with Crippen molar-refractivity contribution in [3.63, 3.8) is 0 Å². The first kappa shape index (κ1) is 28.1. The molecule has 0 aromatic carbocycles. The van der Waals surface area contributed by atoms with Gasteiger partial charge in [-0.3, -0.25) is 0 Å². The second kappa shape index (κ2) is 10.4. The standard InChI is InChI=1S/C17H42O6Si5/c1-13-17(18)19-15-14-16-28(21-25(5,6)7,22-26(8,9)10)23-27(11,12)20-24(2,3)4/h13H,1,14-16H2,2-12H3. The molecule has 0 spiro atoms. The van der Waals surface area contributed by atoms with Gasteiger partial charge in [0.25, 0.3) is 0 Å². The molecule has 0 aliphatic heterocycles. The summed E-state index contributed by atoms with van der Waals surface area (Å²) < 4.78 is 31.7. The summed E-state index contributed by atoms with van der Waals surface area (Å²) in [6.45, 7) is 27.3. The highest BCUT2D eigenvalue weighted by molar-refractivity contribution is 6.91. The number of esters is 1. The minimum absolute atomic E-state index is 0.296. The smallest absolute Gasteiger partial charge is 0.463 e. The average molecular weight is 483 g/mol. The van der Waals surface area contributed by atoms with Gasteiger partial charge in [-0.25, -0.2) is 4.79 Å². The molecule has 0 fully saturated rings.